The topological polar surface area (TPSA) is 79.7 Å². The van der Waals surface area contributed by atoms with Crippen molar-refractivity contribution in [2.24, 2.45) is 0 Å². The molecule has 1 amide bonds. The lowest BCUT2D eigenvalue weighted by Crippen LogP contribution is -2.33. The van der Waals surface area contributed by atoms with Crippen molar-refractivity contribution >= 4 is 11.9 Å². The van der Waals surface area contributed by atoms with Gasteiger partial charge in [-0.1, -0.05) is 6.07 Å². The Morgan fingerprint density at radius 3 is 2.75 bits per heavy atom. The smallest absolute Gasteiger partial charge is 0.303 e. The Morgan fingerprint density at radius 1 is 1.35 bits per heavy atom. The highest BCUT2D eigenvalue weighted by molar-refractivity contribution is 5.77. The maximum atomic E-state index is 12.1. The van der Waals surface area contributed by atoms with E-state index in [1.807, 2.05) is 18.2 Å². The van der Waals surface area contributed by atoms with E-state index in [0.717, 1.165) is 5.69 Å². The van der Waals surface area contributed by atoms with E-state index in [1.165, 1.54) is 0 Å². The van der Waals surface area contributed by atoms with E-state index in [0.29, 0.717) is 26.1 Å². The first-order valence-electron chi connectivity index (χ1n) is 6.52. The molecule has 0 bridgehead atoms. The molecule has 0 aliphatic rings. The molecule has 1 aromatic rings. The Kier molecular flexibility index (Phi) is 7.27. The summed E-state index contributed by atoms with van der Waals surface area (Å²) in [4.78, 5) is 28.4. The number of hydrogen-bond donors (Lipinski definition) is 1. The zero-order valence-electron chi connectivity index (χ0n) is 11.6. The Hall–Kier alpha value is -1.95. The number of methoxy groups -OCH3 is 1. The zero-order valence-corrected chi connectivity index (χ0v) is 11.6. The normalized spacial score (nSPS) is 10.2. The molecule has 0 saturated heterocycles. The lowest BCUT2D eigenvalue weighted by atomic mass is 10.2. The van der Waals surface area contributed by atoms with E-state index in [2.05, 4.69) is 4.98 Å². The van der Waals surface area contributed by atoms with Gasteiger partial charge in [-0.3, -0.25) is 14.6 Å². The Morgan fingerprint density at radius 2 is 2.15 bits per heavy atom. The quantitative estimate of drug-likeness (QED) is 0.737. The van der Waals surface area contributed by atoms with Crippen LogP contribution in [0.2, 0.25) is 0 Å². The van der Waals surface area contributed by atoms with E-state index < -0.39 is 5.97 Å². The van der Waals surface area contributed by atoms with Crippen molar-refractivity contribution in [2.45, 2.75) is 25.8 Å². The molecule has 0 saturated carbocycles. The monoisotopic (exact) mass is 280 g/mol. The van der Waals surface area contributed by atoms with E-state index in [1.54, 1.807) is 18.2 Å². The van der Waals surface area contributed by atoms with Gasteiger partial charge in [-0.2, -0.15) is 0 Å². The van der Waals surface area contributed by atoms with Crippen LogP contribution >= 0.6 is 0 Å². The van der Waals surface area contributed by atoms with Crippen molar-refractivity contribution in [3.63, 3.8) is 0 Å². The molecule has 0 spiro atoms. The highest BCUT2D eigenvalue weighted by Crippen LogP contribution is 2.06. The van der Waals surface area contributed by atoms with Gasteiger partial charge in [0.1, 0.15) is 0 Å². The summed E-state index contributed by atoms with van der Waals surface area (Å²) in [6.45, 7) is 1.33. The number of pyridine rings is 1. The van der Waals surface area contributed by atoms with E-state index >= 15 is 0 Å². The molecule has 0 aliphatic heterocycles. The fourth-order valence-electron chi connectivity index (χ4n) is 1.73. The van der Waals surface area contributed by atoms with Gasteiger partial charge in [-0.15, -0.1) is 0 Å². The molecule has 0 atom stereocenters. The lowest BCUT2D eigenvalue weighted by molar-refractivity contribution is -0.137. The van der Waals surface area contributed by atoms with Crippen LogP contribution in [0, 0.1) is 0 Å². The summed E-state index contributed by atoms with van der Waals surface area (Å²) in [5, 5.41) is 8.59. The summed E-state index contributed by atoms with van der Waals surface area (Å²) < 4.78 is 4.99. The minimum atomic E-state index is -0.883. The molecule has 0 aliphatic carbocycles. The minimum Gasteiger partial charge on any atom is -0.481 e. The van der Waals surface area contributed by atoms with Crippen molar-refractivity contribution in [3.8, 4) is 0 Å². The van der Waals surface area contributed by atoms with Crippen molar-refractivity contribution in [1.82, 2.24) is 9.88 Å². The molecule has 0 aromatic carbocycles. The first kappa shape index (κ1) is 16.1. The molecule has 0 fully saturated rings. The third-order valence-corrected chi connectivity index (χ3v) is 2.78. The summed E-state index contributed by atoms with van der Waals surface area (Å²) in [6, 6.07) is 5.54. The second-order valence-electron chi connectivity index (χ2n) is 4.38. The Labute approximate surface area is 118 Å². The molecule has 20 heavy (non-hydrogen) atoms. The van der Waals surface area contributed by atoms with Gasteiger partial charge < -0.3 is 14.7 Å². The molecular weight excluding hydrogens is 260 g/mol. The van der Waals surface area contributed by atoms with E-state index in [4.69, 9.17) is 9.84 Å². The Balaban J connectivity index is 2.54. The molecule has 1 heterocycles. The van der Waals surface area contributed by atoms with Crippen LogP contribution in [-0.2, 0) is 20.9 Å². The van der Waals surface area contributed by atoms with Gasteiger partial charge in [0.2, 0.25) is 5.91 Å². The van der Waals surface area contributed by atoms with Gasteiger partial charge in [0, 0.05) is 32.7 Å². The van der Waals surface area contributed by atoms with Crippen LogP contribution in [0.5, 0.6) is 0 Å². The second kappa shape index (κ2) is 9.03. The van der Waals surface area contributed by atoms with E-state index in [9.17, 15) is 9.59 Å². The number of rotatable bonds is 9. The van der Waals surface area contributed by atoms with Crippen LogP contribution in [0.15, 0.2) is 24.4 Å². The van der Waals surface area contributed by atoms with Gasteiger partial charge in [0.15, 0.2) is 0 Å². The molecule has 0 unspecified atom stereocenters. The van der Waals surface area contributed by atoms with Gasteiger partial charge in [0.25, 0.3) is 0 Å². The SMILES string of the molecule is COCCN(Cc1ccccn1)C(=O)CCCC(=O)O. The molecule has 6 nitrogen and oxygen atoms in total. The molecule has 0 radical (unpaired) electrons. The number of ether oxygens (including phenoxy) is 1. The number of hydrogen-bond acceptors (Lipinski definition) is 4. The molecule has 110 valence electrons. The number of amides is 1. The minimum absolute atomic E-state index is 0.00739. The van der Waals surface area contributed by atoms with Crippen LogP contribution in [-0.4, -0.2) is 47.1 Å². The molecule has 1 rings (SSSR count). The molecular formula is C14H20N2O4. The van der Waals surface area contributed by atoms with E-state index in [-0.39, 0.29) is 18.7 Å². The number of carboxylic acid groups (broad SMARTS) is 1. The van der Waals surface area contributed by atoms with Crippen molar-refractivity contribution in [3.05, 3.63) is 30.1 Å². The van der Waals surface area contributed by atoms with Gasteiger partial charge in [-0.05, 0) is 18.6 Å². The van der Waals surface area contributed by atoms with Crippen molar-refractivity contribution < 1.29 is 19.4 Å². The predicted octanol–water partition coefficient (Wildman–Crippen LogP) is 1.31. The van der Waals surface area contributed by atoms with Gasteiger partial charge >= 0.3 is 5.97 Å². The Bertz CT molecular complexity index is 422. The second-order valence-corrected chi connectivity index (χ2v) is 4.38. The van der Waals surface area contributed by atoms with Crippen molar-refractivity contribution in [2.75, 3.05) is 20.3 Å². The van der Waals surface area contributed by atoms with Gasteiger partial charge in [-0.25, -0.2) is 0 Å². The summed E-state index contributed by atoms with van der Waals surface area (Å²) >= 11 is 0. The van der Waals surface area contributed by atoms with Crippen LogP contribution in [0.25, 0.3) is 0 Å². The van der Waals surface area contributed by atoms with Crippen molar-refractivity contribution in [1.29, 1.82) is 0 Å². The largest absolute Gasteiger partial charge is 0.481 e. The number of carbonyl (C=O) groups is 2. The predicted molar refractivity (Wildman–Crippen MR) is 73.0 cm³/mol. The number of nitrogens with zero attached hydrogens (tertiary/aromatic N) is 2. The number of carbonyl (C=O) groups excluding carboxylic acids is 1. The highest BCUT2D eigenvalue weighted by atomic mass is 16.5. The average molecular weight is 280 g/mol. The summed E-state index contributed by atoms with van der Waals surface area (Å²) in [6.07, 6.45) is 2.26. The average Bonchev–Trinajstić information content (AvgIpc) is 2.44. The fourth-order valence-corrected chi connectivity index (χ4v) is 1.73. The first-order valence-corrected chi connectivity index (χ1v) is 6.52. The number of aromatic nitrogens is 1. The third kappa shape index (κ3) is 6.29. The summed E-state index contributed by atoms with van der Waals surface area (Å²) in [7, 11) is 1.58. The highest BCUT2D eigenvalue weighted by Gasteiger charge is 2.14. The summed E-state index contributed by atoms with van der Waals surface area (Å²) in [5.74, 6) is -0.958. The van der Waals surface area contributed by atoms with Crippen LogP contribution in [0.1, 0.15) is 25.0 Å². The zero-order chi connectivity index (χ0) is 14.8. The van der Waals surface area contributed by atoms with Crippen LogP contribution in [0.4, 0.5) is 0 Å². The molecule has 6 heteroatoms. The molecule has 1 aromatic heterocycles. The standard InChI is InChI=1S/C14H20N2O4/c1-20-10-9-16(11-12-5-2-3-8-15-12)13(17)6-4-7-14(18)19/h2-3,5,8H,4,6-7,9-11H2,1H3,(H,18,19). The third-order valence-electron chi connectivity index (χ3n) is 2.78. The van der Waals surface area contributed by atoms with Crippen LogP contribution in [0.3, 0.4) is 0 Å². The fraction of sp³-hybridized carbons (Fsp3) is 0.500. The molecule has 1 N–H and O–H groups in total. The maximum absolute atomic E-state index is 12.1. The number of carboxylic acids is 1. The number of aliphatic carboxylic acids is 1. The lowest BCUT2D eigenvalue weighted by Gasteiger charge is -2.22. The first-order chi connectivity index (χ1) is 9.63. The van der Waals surface area contributed by atoms with Crippen LogP contribution < -0.4 is 0 Å². The van der Waals surface area contributed by atoms with Gasteiger partial charge in [0.05, 0.1) is 18.8 Å². The summed E-state index contributed by atoms with van der Waals surface area (Å²) in [5.41, 5.74) is 0.801. The maximum Gasteiger partial charge on any atom is 0.303 e.